The van der Waals surface area contributed by atoms with E-state index in [1.165, 1.54) is 0 Å². The molecule has 3 rings (SSSR count). The minimum absolute atomic E-state index is 0.0803. The molecular formula is C17H22N6O. The summed E-state index contributed by atoms with van der Waals surface area (Å²) in [5.41, 5.74) is 5.79. The van der Waals surface area contributed by atoms with Crippen LogP contribution in [0.5, 0.6) is 0 Å². The first-order chi connectivity index (χ1) is 11.3. The second-order valence-electron chi connectivity index (χ2n) is 6.27. The molecule has 0 radical (unpaired) electrons. The number of hydrogen-bond acceptors (Lipinski definition) is 4. The highest BCUT2D eigenvalue weighted by Crippen LogP contribution is 2.19. The van der Waals surface area contributed by atoms with Crippen molar-refractivity contribution in [3.63, 3.8) is 0 Å². The van der Waals surface area contributed by atoms with Crippen molar-refractivity contribution in [2.24, 2.45) is 7.05 Å². The zero-order valence-electron chi connectivity index (χ0n) is 15.0. The zero-order chi connectivity index (χ0) is 17.6. The minimum atomic E-state index is -0.0803. The van der Waals surface area contributed by atoms with Crippen LogP contribution in [0, 0.1) is 27.7 Å². The Labute approximate surface area is 140 Å². The van der Waals surface area contributed by atoms with Gasteiger partial charge in [-0.1, -0.05) is 0 Å². The molecule has 0 bridgehead atoms. The SMILES string of the molecule is Cc1cc(C)n2nc(C)c(C(=O)N(C)Cc3cnn(C)c3C)c2n1. The molecular weight excluding hydrogens is 304 g/mol. The van der Waals surface area contributed by atoms with Crippen molar-refractivity contribution < 1.29 is 4.79 Å². The second-order valence-corrected chi connectivity index (χ2v) is 6.27. The summed E-state index contributed by atoms with van der Waals surface area (Å²) in [4.78, 5) is 19.2. The van der Waals surface area contributed by atoms with Crippen LogP contribution in [0.1, 0.15) is 38.7 Å². The first kappa shape index (κ1) is 16.2. The standard InChI is InChI=1S/C17H22N6O/c1-10-7-11(2)23-16(19-10)15(12(3)20-23)17(24)21(5)9-14-8-18-22(6)13(14)4/h7-8H,9H2,1-6H3. The Hall–Kier alpha value is -2.70. The Balaban J connectivity index is 1.99. The number of carbonyl (C=O) groups is 1. The predicted molar refractivity (Wildman–Crippen MR) is 90.9 cm³/mol. The number of rotatable bonds is 3. The van der Waals surface area contributed by atoms with Crippen molar-refractivity contribution in [1.29, 1.82) is 0 Å². The predicted octanol–water partition coefficient (Wildman–Crippen LogP) is 1.97. The lowest BCUT2D eigenvalue weighted by Gasteiger charge is -2.16. The Kier molecular flexibility index (Phi) is 3.87. The molecule has 3 aromatic rings. The molecule has 0 atom stereocenters. The molecule has 0 saturated heterocycles. The van der Waals surface area contributed by atoms with Crippen molar-refractivity contribution in [3.05, 3.63) is 46.2 Å². The highest BCUT2D eigenvalue weighted by Gasteiger charge is 2.23. The number of hydrogen-bond donors (Lipinski definition) is 0. The molecule has 7 heteroatoms. The highest BCUT2D eigenvalue weighted by atomic mass is 16.2. The summed E-state index contributed by atoms with van der Waals surface area (Å²) in [6, 6.07) is 1.95. The third-order valence-corrected chi connectivity index (χ3v) is 4.38. The van der Waals surface area contributed by atoms with Gasteiger partial charge in [-0.05, 0) is 33.8 Å². The van der Waals surface area contributed by atoms with Crippen molar-refractivity contribution in [2.75, 3.05) is 7.05 Å². The molecule has 0 unspecified atom stereocenters. The van der Waals surface area contributed by atoms with Gasteiger partial charge in [-0.2, -0.15) is 10.2 Å². The fraction of sp³-hybridized carbons (Fsp3) is 0.412. The summed E-state index contributed by atoms with van der Waals surface area (Å²) in [6.45, 7) is 8.23. The van der Waals surface area contributed by atoms with Gasteiger partial charge in [0.15, 0.2) is 5.65 Å². The maximum absolute atomic E-state index is 13.0. The molecule has 3 heterocycles. The Morgan fingerprint density at radius 1 is 1.25 bits per heavy atom. The monoisotopic (exact) mass is 326 g/mol. The van der Waals surface area contributed by atoms with Gasteiger partial charge in [-0.25, -0.2) is 9.50 Å². The van der Waals surface area contributed by atoms with Crippen LogP contribution in [0.4, 0.5) is 0 Å². The molecule has 0 aliphatic heterocycles. The van der Waals surface area contributed by atoms with Gasteiger partial charge in [0.1, 0.15) is 5.56 Å². The van der Waals surface area contributed by atoms with Gasteiger partial charge in [0.2, 0.25) is 0 Å². The van der Waals surface area contributed by atoms with Gasteiger partial charge >= 0.3 is 0 Å². The smallest absolute Gasteiger partial charge is 0.259 e. The Bertz CT molecular complexity index is 936. The summed E-state index contributed by atoms with van der Waals surface area (Å²) in [7, 11) is 3.69. The van der Waals surface area contributed by atoms with Crippen LogP contribution in [-0.4, -0.2) is 42.2 Å². The van der Waals surface area contributed by atoms with Gasteiger partial charge in [0, 0.05) is 43.3 Å². The molecule has 0 spiro atoms. The number of aromatic nitrogens is 5. The Morgan fingerprint density at radius 3 is 2.58 bits per heavy atom. The molecule has 0 aromatic carbocycles. The molecule has 7 nitrogen and oxygen atoms in total. The van der Waals surface area contributed by atoms with E-state index < -0.39 is 0 Å². The lowest BCUT2D eigenvalue weighted by Crippen LogP contribution is -2.27. The number of fused-ring (bicyclic) bond motifs is 1. The van der Waals surface area contributed by atoms with E-state index in [-0.39, 0.29) is 5.91 Å². The summed E-state index contributed by atoms with van der Waals surface area (Å²) >= 11 is 0. The second kappa shape index (κ2) is 5.74. The van der Waals surface area contributed by atoms with Crippen LogP contribution in [0.2, 0.25) is 0 Å². The van der Waals surface area contributed by atoms with Crippen LogP contribution >= 0.6 is 0 Å². The maximum atomic E-state index is 13.0. The van der Waals surface area contributed by atoms with Crippen LogP contribution in [0.15, 0.2) is 12.3 Å². The third kappa shape index (κ3) is 2.55. The number of amides is 1. The normalized spacial score (nSPS) is 11.2. The van der Waals surface area contributed by atoms with E-state index in [0.717, 1.165) is 22.6 Å². The lowest BCUT2D eigenvalue weighted by molar-refractivity contribution is 0.0786. The molecule has 0 aliphatic carbocycles. The Morgan fingerprint density at radius 2 is 1.96 bits per heavy atom. The molecule has 0 aliphatic rings. The maximum Gasteiger partial charge on any atom is 0.259 e. The molecule has 0 N–H and O–H groups in total. The molecule has 126 valence electrons. The van der Waals surface area contributed by atoms with E-state index in [0.29, 0.717) is 23.4 Å². The summed E-state index contributed by atoms with van der Waals surface area (Å²) in [5, 5.41) is 8.71. The van der Waals surface area contributed by atoms with E-state index in [2.05, 4.69) is 15.2 Å². The van der Waals surface area contributed by atoms with E-state index >= 15 is 0 Å². The van der Waals surface area contributed by atoms with Gasteiger partial charge in [-0.15, -0.1) is 0 Å². The minimum Gasteiger partial charge on any atom is -0.337 e. The van der Waals surface area contributed by atoms with E-state index in [4.69, 9.17) is 0 Å². The summed E-state index contributed by atoms with van der Waals surface area (Å²) < 4.78 is 3.54. The van der Waals surface area contributed by atoms with Gasteiger partial charge in [-0.3, -0.25) is 9.48 Å². The molecule has 0 saturated carbocycles. The topological polar surface area (TPSA) is 68.3 Å². The number of nitrogens with zero attached hydrogens (tertiary/aromatic N) is 6. The van der Waals surface area contributed by atoms with E-state index in [1.54, 1.807) is 22.7 Å². The summed E-state index contributed by atoms with van der Waals surface area (Å²) in [6.07, 6.45) is 1.80. The van der Waals surface area contributed by atoms with E-state index in [1.807, 2.05) is 45.5 Å². The van der Waals surface area contributed by atoms with Crippen LogP contribution in [0.25, 0.3) is 5.65 Å². The third-order valence-electron chi connectivity index (χ3n) is 4.38. The largest absolute Gasteiger partial charge is 0.337 e. The fourth-order valence-corrected chi connectivity index (χ4v) is 2.89. The fourth-order valence-electron chi connectivity index (χ4n) is 2.89. The van der Waals surface area contributed by atoms with Crippen LogP contribution < -0.4 is 0 Å². The highest BCUT2D eigenvalue weighted by molar-refractivity contribution is 6.00. The van der Waals surface area contributed by atoms with Crippen molar-refractivity contribution in [2.45, 2.75) is 34.2 Å². The molecule has 3 aromatic heterocycles. The average molecular weight is 326 g/mol. The molecule has 1 amide bonds. The summed E-state index contributed by atoms with van der Waals surface area (Å²) in [5.74, 6) is -0.0803. The van der Waals surface area contributed by atoms with Crippen LogP contribution in [-0.2, 0) is 13.6 Å². The van der Waals surface area contributed by atoms with Crippen molar-refractivity contribution in [3.8, 4) is 0 Å². The van der Waals surface area contributed by atoms with Crippen LogP contribution in [0.3, 0.4) is 0 Å². The molecule has 24 heavy (non-hydrogen) atoms. The number of carbonyl (C=O) groups excluding carboxylic acids is 1. The average Bonchev–Trinajstić information content (AvgIpc) is 3.00. The van der Waals surface area contributed by atoms with Crippen molar-refractivity contribution >= 4 is 11.6 Å². The van der Waals surface area contributed by atoms with Crippen molar-refractivity contribution in [1.82, 2.24) is 29.3 Å². The van der Waals surface area contributed by atoms with Gasteiger partial charge < -0.3 is 4.90 Å². The number of aryl methyl sites for hydroxylation is 4. The first-order valence-corrected chi connectivity index (χ1v) is 7.86. The lowest BCUT2D eigenvalue weighted by atomic mass is 10.2. The van der Waals surface area contributed by atoms with Gasteiger partial charge in [0.25, 0.3) is 5.91 Å². The quantitative estimate of drug-likeness (QED) is 0.738. The van der Waals surface area contributed by atoms with Gasteiger partial charge in [0.05, 0.1) is 11.9 Å². The van der Waals surface area contributed by atoms with E-state index in [9.17, 15) is 4.79 Å². The molecule has 0 fully saturated rings. The first-order valence-electron chi connectivity index (χ1n) is 7.86. The zero-order valence-corrected chi connectivity index (χ0v) is 15.0.